The lowest BCUT2D eigenvalue weighted by Gasteiger charge is -2.43. The molecule has 0 N–H and O–H groups in total. The van der Waals surface area contributed by atoms with Crippen LogP contribution >= 0.6 is 0 Å². The molecule has 1 aromatic carbocycles. The largest absolute Gasteiger partial charge is 0.490 e. The third-order valence-electron chi connectivity index (χ3n) is 6.97. The van der Waals surface area contributed by atoms with Gasteiger partial charge in [-0.3, -0.25) is 9.59 Å². The molecule has 2 heterocycles. The lowest BCUT2D eigenvalue weighted by atomic mass is 9.73. The van der Waals surface area contributed by atoms with Gasteiger partial charge in [0.15, 0.2) is 11.5 Å². The third kappa shape index (κ3) is 4.48. The number of hydrogen-bond acceptors (Lipinski definition) is 5. The van der Waals surface area contributed by atoms with Gasteiger partial charge in [0.05, 0.1) is 25.0 Å². The van der Waals surface area contributed by atoms with Crippen LogP contribution in [-0.2, 0) is 9.59 Å². The Morgan fingerprint density at radius 3 is 2.31 bits per heavy atom. The fourth-order valence-electron chi connectivity index (χ4n) is 5.33. The highest BCUT2D eigenvalue weighted by Gasteiger charge is 2.43. The number of hydrazone groups is 1. The van der Waals surface area contributed by atoms with E-state index in [4.69, 9.17) is 14.6 Å². The lowest BCUT2D eigenvalue weighted by Crippen LogP contribution is -2.53. The minimum atomic E-state index is -0.0100. The third-order valence-corrected chi connectivity index (χ3v) is 6.97. The second-order valence-corrected chi connectivity index (χ2v) is 8.93. The number of ether oxygens (including phenoxy) is 2. The molecule has 0 spiro atoms. The number of piperidine rings is 1. The van der Waals surface area contributed by atoms with E-state index in [-0.39, 0.29) is 29.7 Å². The molecule has 2 fully saturated rings. The summed E-state index contributed by atoms with van der Waals surface area (Å²) in [6.07, 6.45) is 5.66. The van der Waals surface area contributed by atoms with E-state index in [2.05, 4.69) is 0 Å². The Morgan fingerprint density at radius 1 is 1.00 bits per heavy atom. The van der Waals surface area contributed by atoms with Crippen LogP contribution in [0.1, 0.15) is 64.9 Å². The van der Waals surface area contributed by atoms with Gasteiger partial charge in [-0.25, -0.2) is 5.01 Å². The highest BCUT2D eigenvalue weighted by atomic mass is 16.5. The van der Waals surface area contributed by atoms with E-state index in [1.165, 1.54) is 0 Å². The summed E-state index contributed by atoms with van der Waals surface area (Å²) >= 11 is 0. The quantitative estimate of drug-likeness (QED) is 0.672. The second-order valence-electron chi connectivity index (χ2n) is 8.93. The van der Waals surface area contributed by atoms with Gasteiger partial charge in [-0.05, 0) is 57.7 Å². The van der Waals surface area contributed by atoms with Gasteiger partial charge in [0.2, 0.25) is 11.8 Å². The summed E-state index contributed by atoms with van der Waals surface area (Å²) < 4.78 is 11.6. The molecule has 0 unspecified atom stereocenters. The van der Waals surface area contributed by atoms with Crippen LogP contribution in [0.5, 0.6) is 11.5 Å². The standard InChI is InChI=1S/C25H35N3O4/c1-4-31-22-11-10-18(16-23(22)32-5-2)24-20-8-6-7-9-21(20)25(30)28(26-24)19-12-14-27(15-13-19)17(3)29/h10-11,16,19-21H,4-9,12-15H2,1-3H3/t20-,21+/m0/s1. The Balaban J connectivity index is 1.67. The molecule has 3 aliphatic rings. The summed E-state index contributed by atoms with van der Waals surface area (Å²) in [4.78, 5) is 27.0. The molecule has 1 saturated heterocycles. The summed E-state index contributed by atoms with van der Waals surface area (Å²) in [7, 11) is 0. The zero-order valence-electron chi connectivity index (χ0n) is 19.5. The van der Waals surface area contributed by atoms with Crippen LogP contribution in [0.25, 0.3) is 0 Å². The van der Waals surface area contributed by atoms with Gasteiger partial charge >= 0.3 is 0 Å². The molecule has 0 aromatic heterocycles. The second kappa shape index (κ2) is 9.92. The first-order valence-electron chi connectivity index (χ1n) is 12.1. The normalized spacial score (nSPS) is 24.1. The maximum Gasteiger partial charge on any atom is 0.246 e. The Kier molecular flexibility index (Phi) is 7.01. The number of nitrogens with zero attached hydrogens (tertiary/aromatic N) is 3. The first-order chi connectivity index (χ1) is 15.5. The molecule has 174 valence electrons. The van der Waals surface area contributed by atoms with Crippen LogP contribution in [-0.4, -0.2) is 59.8 Å². The smallest absolute Gasteiger partial charge is 0.246 e. The number of hydrogen-bond donors (Lipinski definition) is 0. The fourth-order valence-corrected chi connectivity index (χ4v) is 5.33. The SMILES string of the molecule is CCOc1ccc(C2=NN(C3CCN(C(C)=O)CC3)C(=O)[C@@H]3CCCC[C@H]23)cc1OCC. The molecule has 1 aliphatic carbocycles. The summed E-state index contributed by atoms with van der Waals surface area (Å²) in [6, 6.07) is 6.07. The topological polar surface area (TPSA) is 71.4 Å². The molecule has 4 rings (SSSR count). The molecule has 1 aromatic rings. The molecule has 7 nitrogen and oxygen atoms in total. The van der Waals surface area contributed by atoms with Crippen LogP contribution in [0.3, 0.4) is 0 Å². The lowest BCUT2D eigenvalue weighted by molar-refractivity contribution is -0.143. The van der Waals surface area contributed by atoms with Gasteiger partial charge in [0.1, 0.15) is 0 Å². The Labute approximate surface area is 190 Å². The number of benzene rings is 1. The average Bonchev–Trinajstić information content (AvgIpc) is 2.81. The van der Waals surface area contributed by atoms with Crippen molar-refractivity contribution in [3.63, 3.8) is 0 Å². The molecule has 1 saturated carbocycles. The van der Waals surface area contributed by atoms with Gasteiger partial charge in [-0.2, -0.15) is 5.10 Å². The van der Waals surface area contributed by atoms with Gasteiger partial charge in [-0.1, -0.05) is 12.8 Å². The van der Waals surface area contributed by atoms with E-state index < -0.39 is 0 Å². The predicted octanol–water partition coefficient (Wildman–Crippen LogP) is 3.85. The van der Waals surface area contributed by atoms with Crippen LogP contribution in [0.4, 0.5) is 0 Å². The van der Waals surface area contributed by atoms with E-state index >= 15 is 0 Å². The number of fused-ring (bicyclic) bond motifs is 1. The molecular weight excluding hydrogens is 406 g/mol. The highest BCUT2D eigenvalue weighted by Crippen LogP contribution is 2.40. The van der Waals surface area contributed by atoms with Crippen LogP contribution < -0.4 is 9.47 Å². The molecule has 0 bridgehead atoms. The van der Waals surface area contributed by atoms with Crippen molar-refractivity contribution in [3.05, 3.63) is 23.8 Å². The highest BCUT2D eigenvalue weighted by molar-refractivity contribution is 6.07. The Bertz CT molecular complexity index is 876. The number of rotatable bonds is 6. The van der Waals surface area contributed by atoms with E-state index in [0.717, 1.165) is 61.3 Å². The maximum atomic E-state index is 13.5. The monoisotopic (exact) mass is 441 g/mol. The van der Waals surface area contributed by atoms with Crippen molar-refractivity contribution in [1.29, 1.82) is 0 Å². The zero-order chi connectivity index (χ0) is 22.7. The number of carbonyl (C=O) groups excluding carboxylic acids is 2. The Hall–Kier alpha value is -2.57. The van der Waals surface area contributed by atoms with Gasteiger partial charge < -0.3 is 14.4 Å². The predicted molar refractivity (Wildman–Crippen MR) is 123 cm³/mol. The zero-order valence-corrected chi connectivity index (χ0v) is 19.5. The summed E-state index contributed by atoms with van der Waals surface area (Å²) in [5.74, 6) is 1.86. The van der Waals surface area contributed by atoms with Crippen molar-refractivity contribution in [2.45, 2.75) is 65.3 Å². The number of amides is 2. The molecule has 2 aliphatic heterocycles. The number of likely N-dealkylation sites (tertiary alicyclic amines) is 1. The van der Waals surface area contributed by atoms with E-state index in [0.29, 0.717) is 26.3 Å². The molecule has 2 atom stereocenters. The van der Waals surface area contributed by atoms with Crippen molar-refractivity contribution in [1.82, 2.24) is 9.91 Å². The first-order valence-corrected chi connectivity index (χ1v) is 12.1. The summed E-state index contributed by atoms with van der Waals surface area (Å²) in [5, 5.41) is 6.75. The molecular formula is C25H35N3O4. The average molecular weight is 442 g/mol. The van der Waals surface area contributed by atoms with Crippen molar-refractivity contribution < 1.29 is 19.1 Å². The summed E-state index contributed by atoms with van der Waals surface area (Å²) in [5.41, 5.74) is 2.00. The van der Waals surface area contributed by atoms with Crippen LogP contribution in [0.15, 0.2) is 23.3 Å². The van der Waals surface area contributed by atoms with Crippen molar-refractivity contribution in [3.8, 4) is 11.5 Å². The number of carbonyl (C=O) groups is 2. The van der Waals surface area contributed by atoms with Crippen LogP contribution in [0.2, 0.25) is 0 Å². The van der Waals surface area contributed by atoms with Crippen molar-refractivity contribution >= 4 is 17.5 Å². The summed E-state index contributed by atoms with van der Waals surface area (Å²) in [6.45, 7) is 8.03. The van der Waals surface area contributed by atoms with Gasteiger partial charge in [-0.15, -0.1) is 0 Å². The maximum absolute atomic E-state index is 13.5. The van der Waals surface area contributed by atoms with Gasteiger partial charge in [0, 0.05) is 37.4 Å². The molecule has 2 amide bonds. The minimum Gasteiger partial charge on any atom is -0.490 e. The van der Waals surface area contributed by atoms with E-state index in [9.17, 15) is 9.59 Å². The van der Waals surface area contributed by atoms with E-state index in [1.54, 1.807) is 11.9 Å². The van der Waals surface area contributed by atoms with Crippen LogP contribution in [0, 0.1) is 11.8 Å². The minimum absolute atomic E-state index is 0.0100. The van der Waals surface area contributed by atoms with E-state index in [1.807, 2.05) is 36.9 Å². The first kappa shape index (κ1) is 22.6. The van der Waals surface area contributed by atoms with Crippen molar-refractivity contribution in [2.75, 3.05) is 26.3 Å². The molecule has 7 heteroatoms. The van der Waals surface area contributed by atoms with Crippen molar-refractivity contribution in [2.24, 2.45) is 16.9 Å². The molecule has 32 heavy (non-hydrogen) atoms. The van der Waals surface area contributed by atoms with Gasteiger partial charge in [0.25, 0.3) is 0 Å². The molecule has 0 radical (unpaired) electrons. The Morgan fingerprint density at radius 2 is 1.66 bits per heavy atom. The fraction of sp³-hybridized carbons (Fsp3) is 0.640.